The lowest BCUT2D eigenvalue weighted by atomic mass is 9.92. The van der Waals surface area contributed by atoms with E-state index in [0.717, 1.165) is 30.2 Å². The van der Waals surface area contributed by atoms with Crippen molar-refractivity contribution in [2.75, 3.05) is 0 Å². The first kappa shape index (κ1) is 15.3. The number of halogens is 2. The molecule has 0 nitrogen and oxygen atoms in total. The number of fused-ring (bicyclic) bond motifs is 3. The van der Waals surface area contributed by atoms with Crippen LogP contribution < -0.4 is 0 Å². The van der Waals surface area contributed by atoms with E-state index < -0.39 is 0 Å². The van der Waals surface area contributed by atoms with Crippen LogP contribution in [0, 0.1) is 6.07 Å². The van der Waals surface area contributed by atoms with Gasteiger partial charge in [0.25, 0.3) is 0 Å². The van der Waals surface area contributed by atoms with Crippen LogP contribution in [0.1, 0.15) is 48.9 Å². The molecule has 0 heterocycles. The number of aryl methyl sites for hydroxylation is 1. The summed E-state index contributed by atoms with van der Waals surface area (Å²) in [5.41, 5.74) is 8.70. The maximum atomic E-state index is 3.77. The van der Waals surface area contributed by atoms with Crippen LogP contribution in [0.3, 0.4) is 0 Å². The quantitative estimate of drug-likeness (QED) is 0.464. The highest BCUT2D eigenvalue weighted by atomic mass is 79.9. The molecule has 1 aliphatic carbocycles. The Morgan fingerprint density at radius 3 is 2.52 bits per heavy atom. The predicted octanol–water partition coefficient (Wildman–Crippen LogP) is 6.49. The fourth-order valence-corrected chi connectivity index (χ4v) is 4.36. The maximum Gasteiger partial charge on any atom is 0.0402 e. The van der Waals surface area contributed by atoms with Crippen LogP contribution in [0.25, 0.3) is 11.1 Å². The summed E-state index contributed by atoms with van der Waals surface area (Å²) in [6, 6.07) is 10.3. The molecule has 2 aromatic carbocycles. The van der Waals surface area contributed by atoms with Crippen molar-refractivity contribution >= 4 is 31.9 Å². The molecule has 0 spiro atoms. The second-order valence-electron chi connectivity index (χ2n) is 5.71. The van der Waals surface area contributed by atoms with Crippen molar-refractivity contribution in [3.63, 3.8) is 0 Å². The SMILES string of the molecule is CCCc1cccc2c1-c1c([c]c(Br)c(Br)c1CCC)C2. The van der Waals surface area contributed by atoms with Crippen LogP contribution in [-0.2, 0) is 19.3 Å². The highest BCUT2D eigenvalue weighted by Crippen LogP contribution is 2.46. The monoisotopic (exact) mass is 405 g/mol. The zero-order valence-electron chi connectivity index (χ0n) is 12.5. The summed E-state index contributed by atoms with van der Waals surface area (Å²) in [5, 5.41) is 0. The second-order valence-corrected chi connectivity index (χ2v) is 7.30. The molecule has 2 aromatic rings. The van der Waals surface area contributed by atoms with Crippen molar-refractivity contribution < 1.29 is 0 Å². The smallest absolute Gasteiger partial charge is 0.0402 e. The van der Waals surface area contributed by atoms with E-state index in [2.05, 4.69) is 70.0 Å². The Kier molecular flexibility index (Phi) is 4.56. The topological polar surface area (TPSA) is 0 Å². The van der Waals surface area contributed by atoms with E-state index in [-0.39, 0.29) is 0 Å². The molecule has 21 heavy (non-hydrogen) atoms. The summed E-state index contributed by atoms with van der Waals surface area (Å²) >= 11 is 7.43. The molecule has 3 rings (SSSR count). The Hall–Kier alpha value is -0.600. The molecule has 0 bridgehead atoms. The van der Waals surface area contributed by atoms with Crippen molar-refractivity contribution in [3.05, 3.63) is 55.5 Å². The van der Waals surface area contributed by atoms with Gasteiger partial charge in [0, 0.05) is 15.0 Å². The minimum atomic E-state index is 1.02. The minimum absolute atomic E-state index is 1.02. The average Bonchev–Trinajstić information content (AvgIpc) is 2.83. The van der Waals surface area contributed by atoms with Gasteiger partial charge in [-0.3, -0.25) is 0 Å². The maximum absolute atomic E-state index is 3.77. The third-order valence-corrected chi connectivity index (χ3v) is 6.20. The van der Waals surface area contributed by atoms with Crippen LogP contribution in [0.15, 0.2) is 27.1 Å². The van der Waals surface area contributed by atoms with E-state index in [1.807, 2.05) is 0 Å². The zero-order valence-corrected chi connectivity index (χ0v) is 15.7. The number of rotatable bonds is 4. The summed E-state index contributed by atoms with van der Waals surface area (Å²) in [7, 11) is 0. The van der Waals surface area contributed by atoms with Gasteiger partial charge >= 0.3 is 0 Å². The third-order valence-electron chi connectivity index (χ3n) is 4.20. The Morgan fingerprint density at radius 2 is 1.81 bits per heavy atom. The Bertz CT molecular complexity index is 686. The number of hydrogen-bond donors (Lipinski definition) is 0. The van der Waals surface area contributed by atoms with Gasteiger partial charge in [-0.25, -0.2) is 0 Å². The molecule has 0 fully saturated rings. The fourth-order valence-electron chi connectivity index (χ4n) is 3.38. The lowest BCUT2D eigenvalue weighted by molar-refractivity contribution is 0.910. The van der Waals surface area contributed by atoms with Crippen LogP contribution in [0.4, 0.5) is 0 Å². The highest BCUT2D eigenvalue weighted by Gasteiger charge is 2.26. The van der Waals surface area contributed by atoms with Gasteiger partial charge in [0.05, 0.1) is 0 Å². The van der Waals surface area contributed by atoms with Crippen LogP contribution in [-0.4, -0.2) is 0 Å². The Balaban J connectivity index is 2.27. The number of hydrogen-bond acceptors (Lipinski definition) is 0. The highest BCUT2D eigenvalue weighted by molar-refractivity contribution is 9.13. The van der Waals surface area contributed by atoms with Crippen molar-refractivity contribution in [2.45, 2.75) is 46.0 Å². The van der Waals surface area contributed by atoms with Gasteiger partial charge in [-0.15, -0.1) is 0 Å². The van der Waals surface area contributed by atoms with Gasteiger partial charge in [-0.05, 0) is 84.5 Å². The van der Waals surface area contributed by atoms with Crippen molar-refractivity contribution in [1.29, 1.82) is 0 Å². The van der Waals surface area contributed by atoms with Crippen molar-refractivity contribution in [1.82, 2.24) is 0 Å². The lowest BCUT2D eigenvalue weighted by Gasteiger charge is -2.15. The van der Waals surface area contributed by atoms with E-state index in [1.54, 1.807) is 0 Å². The molecule has 0 aliphatic heterocycles. The summed E-state index contributed by atoms with van der Waals surface area (Å²) in [5.74, 6) is 0. The van der Waals surface area contributed by atoms with Crippen LogP contribution in [0.5, 0.6) is 0 Å². The average molecular weight is 407 g/mol. The molecular formula is C19H19Br2. The first-order valence-electron chi connectivity index (χ1n) is 7.70. The van der Waals surface area contributed by atoms with Crippen LogP contribution >= 0.6 is 31.9 Å². The minimum Gasteiger partial charge on any atom is -0.0651 e. The van der Waals surface area contributed by atoms with Crippen LogP contribution in [0.2, 0.25) is 0 Å². The molecule has 0 saturated carbocycles. The van der Waals surface area contributed by atoms with Gasteiger partial charge in [-0.2, -0.15) is 0 Å². The molecule has 0 unspecified atom stereocenters. The van der Waals surface area contributed by atoms with Gasteiger partial charge in [0.15, 0.2) is 0 Å². The third kappa shape index (κ3) is 2.61. The predicted molar refractivity (Wildman–Crippen MR) is 96.9 cm³/mol. The molecule has 109 valence electrons. The molecule has 0 N–H and O–H groups in total. The molecule has 0 saturated heterocycles. The van der Waals surface area contributed by atoms with E-state index in [4.69, 9.17) is 0 Å². The Labute approximate surface area is 144 Å². The molecule has 1 radical (unpaired) electrons. The molecule has 0 amide bonds. The normalized spacial score (nSPS) is 12.4. The fraction of sp³-hybridized carbons (Fsp3) is 0.368. The standard InChI is InChI=1S/C19H19Br2/c1-3-6-12-8-5-9-13-10-14-11-16(20)19(21)15(7-4-2)18(14)17(12)13/h5,8-9H,3-4,6-7,10H2,1-2H3. The molecule has 0 atom stereocenters. The zero-order chi connectivity index (χ0) is 15.0. The first-order chi connectivity index (χ1) is 10.2. The Morgan fingerprint density at radius 1 is 1.05 bits per heavy atom. The van der Waals surface area contributed by atoms with E-state index in [0.29, 0.717) is 0 Å². The largest absolute Gasteiger partial charge is 0.0651 e. The summed E-state index contributed by atoms with van der Waals surface area (Å²) in [6.45, 7) is 4.50. The van der Waals surface area contributed by atoms with E-state index in [1.165, 1.54) is 44.3 Å². The summed E-state index contributed by atoms with van der Waals surface area (Å²) in [4.78, 5) is 0. The van der Waals surface area contributed by atoms with Gasteiger partial charge in [0.1, 0.15) is 0 Å². The van der Waals surface area contributed by atoms with E-state index >= 15 is 0 Å². The summed E-state index contributed by atoms with van der Waals surface area (Å²) in [6.07, 6.45) is 5.63. The van der Waals surface area contributed by atoms with Gasteiger partial charge < -0.3 is 0 Å². The molecule has 1 aliphatic rings. The molecule has 2 heteroatoms. The van der Waals surface area contributed by atoms with E-state index in [9.17, 15) is 0 Å². The van der Waals surface area contributed by atoms with Crippen molar-refractivity contribution in [2.24, 2.45) is 0 Å². The lowest BCUT2D eigenvalue weighted by Crippen LogP contribution is -1.96. The van der Waals surface area contributed by atoms with Gasteiger partial charge in [0.2, 0.25) is 0 Å². The molecule has 0 aromatic heterocycles. The second kappa shape index (κ2) is 6.26. The molecular weight excluding hydrogens is 388 g/mol. The number of benzene rings is 2. The van der Waals surface area contributed by atoms with Gasteiger partial charge in [-0.1, -0.05) is 44.9 Å². The van der Waals surface area contributed by atoms with Crippen molar-refractivity contribution in [3.8, 4) is 11.1 Å². The first-order valence-corrected chi connectivity index (χ1v) is 9.29. The summed E-state index contributed by atoms with van der Waals surface area (Å²) < 4.78 is 2.25.